The molecule has 24 heavy (non-hydrogen) atoms. The van der Waals surface area contributed by atoms with Gasteiger partial charge in [0.05, 0.1) is 11.4 Å². The maximum absolute atomic E-state index is 6.25. The van der Waals surface area contributed by atoms with Crippen LogP contribution in [0.25, 0.3) is 10.9 Å². The zero-order valence-corrected chi connectivity index (χ0v) is 14.8. The number of benzene rings is 1. The van der Waals surface area contributed by atoms with Crippen LogP contribution in [0.3, 0.4) is 0 Å². The van der Waals surface area contributed by atoms with E-state index in [1.54, 1.807) is 0 Å². The lowest BCUT2D eigenvalue weighted by Crippen LogP contribution is -2.27. The van der Waals surface area contributed by atoms with E-state index >= 15 is 0 Å². The van der Waals surface area contributed by atoms with Crippen LogP contribution in [-0.2, 0) is 25.9 Å². The molecule has 0 unspecified atom stereocenters. The molecule has 2 aromatic heterocycles. The Labute approximate surface area is 147 Å². The summed E-state index contributed by atoms with van der Waals surface area (Å²) in [6.45, 7) is 4.98. The van der Waals surface area contributed by atoms with Gasteiger partial charge in [-0.25, -0.2) is 0 Å². The van der Waals surface area contributed by atoms with Crippen LogP contribution in [0.2, 0.25) is 5.02 Å². The maximum atomic E-state index is 6.25. The highest BCUT2D eigenvalue weighted by Crippen LogP contribution is 2.32. The van der Waals surface area contributed by atoms with Crippen LogP contribution >= 0.6 is 11.6 Å². The van der Waals surface area contributed by atoms with Crippen LogP contribution in [0.4, 0.5) is 0 Å². The summed E-state index contributed by atoms with van der Waals surface area (Å²) in [6, 6.07) is 6.25. The van der Waals surface area contributed by atoms with Gasteiger partial charge in [0, 0.05) is 66.5 Å². The van der Waals surface area contributed by atoms with E-state index in [0.29, 0.717) is 0 Å². The quantitative estimate of drug-likeness (QED) is 0.730. The summed E-state index contributed by atoms with van der Waals surface area (Å²) >= 11 is 6.25. The first-order valence-electron chi connectivity index (χ1n) is 8.37. The van der Waals surface area contributed by atoms with E-state index in [4.69, 9.17) is 11.6 Å². The van der Waals surface area contributed by atoms with Crippen LogP contribution < -0.4 is 0 Å². The van der Waals surface area contributed by atoms with Crippen molar-refractivity contribution in [3.8, 4) is 0 Å². The van der Waals surface area contributed by atoms with Gasteiger partial charge in [-0.2, -0.15) is 0 Å². The Bertz CT molecular complexity index is 883. The fraction of sp³-hybridized carbons (Fsp3) is 0.368. The van der Waals surface area contributed by atoms with Crippen molar-refractivity contribution in [3.63, 3.8) is 0 Å². The largest absolute Gasteiger partial charge is 0.344 e. The van der Waals surface area contributed by atoms with E-state index in [9.17, 15) is 0 Å². The standard InChI is InChI=1S/C19H21ClN4/c1-13-10-22-15(11-21-13)5-8-24-18-4-3-14(20)9-16(18)17-12-23(2)7-6-19(17)24/h3-4,9-11H,5-8,12H2,1-2H3. The van der Waals surface area contributed by atoms with Crippen molar-refractivity contribution in [2.24, 2.45) is 0 Å². The first kappa shape index (κ1) is 15.6. The smallest absolute Gasteiger partial charge is 0.0604 e. The number of likely N-dealkylation sites (N-methyl/N-ethyl adjacent to an activating group) is 1. The topological polar surface area (TPSA) is 34.0 Å². The summed E-state index contributed by atoms with van der Waals surface area (Å²) in [5.74, 6) is 0. The van der Waals surface area contributed by atoms with Crippen molar-refractivity contribution in [3.05, 3.63) is 58.3 Å². The molecule has 1 aromatic carbocycles. The molecule has 0 fully saturated rings. The normalized spacial score (nSPS) is 15.0. The SMILES string of the molecule is Cc1cnc(CCn2c3c(c4cc(Cl)ccc42)CN(C)CC3)cn1. The summed E-state index contributed by atoms with van der Waals surface area (Å²) in [4.78, 5) is 11.2. The second-order valence-electron chi connectivity index (χ2n) is 6.63. The molecule has 4 rings (SSSR count). The molecule has 1 aliphatic rings. The minimum absolute atomic E-state index is 0.806. The Balaban J connectivity index is 1.73. The summed E-state index contributed by atoms with van der Waals surface area (Å²) in [5, 5.41) is 2.10. The first-order chi connectivity index (χ1) is 11.6. The lowest BCUT2D eigenvalue weighted by Gasteiger charge is -2.24. The van der Waals surface area contributed by atoms with Gasteiger partial charge in [-0.3, -0.25) is 9.97 Å². The molecule has 0 radical (unpaired) electrons. The molecular weight excluding hydrogens is 320 g/mol. The van der Waals surface area contributed by atoms with Crippen molar-refractivity contribution in [2.75, 3.05) is 13.6 Å². The molecule has 0 atom stereocenters. The van der Waals surface area contributed by atoms with Gasteiger partial charge in [0.25, 0.3) is 0 Å². The van der Waals surface area contributed by atoms with E-state index in [0.717, 1.165) is 48.9 Å². The van der Waals surface area contributed by atoms with Crippen molar-refractivity contribution in [2.45, 2.75) is 32.9 Å². The highest BCUT2D eigenvalue weighted by molar-refractivity contribution is 6.31. The molecule has 3 heterocycles. The van der Waals surface area contributed by atoms with Crippen molar-refractivity contribution in [1.82, 2.24) is 19.4 Å². The van der Waals surface area contributed by atoms with Crippen LogP contribution in [0.5, 0.6) is 0 Å². The van der Waals surface area contributed by atoms with E-state index in [2.05, 4.69) is 38.6 Å². The zero-order chi connectivity index (χ0) is 16.7. The van der Waals surface area contributed by atoms with E-state index < -0.39 is 0 Å². The third kappa shape index (κ3) is 2.80. The molecule has 4 nitrogen and oxygen atoms in total. The average Bonchev–Trinajstić information content (AvgIpc) is 2.87. The molecule has 124 valence electrons. The van der Waals surface area contributed by atoms with Crippen molar-refractivity contribution < 1.29 is 0 Å². The van der Waals surface area contributed by atoms with E-state index in [-0.39, 0.29) is 0 Å². The Kier molecular flexibility index (Phi) is 4.02. The predicted molar refractivity (Wildman–Crippen MR) is 97.5 cm³/mol. The van der Waals surface area contributed by atoms with Crippen molar-refractivity contribution in [1.29, 1.82) is 0 Å². The third-order valence-electron chi connectivity index (χ3n) is 4.83. The van der Waals surface area contributed by atoms with Crippen LogP contribution in [0.1, 0.15) is 22.6 Å². The molecular formula is C19H21ClN4. The second-order valence-corrected chi connectivity index (χ2v) is 7.06. The van der Waals surface area contributed by atoms with Gasteiger partial charge in [-0.05, 0) is 37.7 Å². The van der Waals surface area contributed by atoms with Crippen molar-refractivity contribution >= 4 is 22.5 Å². The number of hydrogen-bond acceptors (Lipinski definition) is 3. The van der Waals surface area contributed by atoms with Gasteiger partial charge < -0.3 is 9.47 Å². The fourth-order valence-electron chi connectivity index (χ4n) is 3.59. The molecule has 0 saturated carbocycles. The van der Waals surface area contributed by atoms with Gasteiger partial charge in [0.1, 0.15) is 0 Å². The molecule has 0 saturated heterocycles. The minimum atomic E-state index is 0.806. The minimum Gasteiger partial charge on any atom is -0.344 e. The molecule has 0 bridgehead atoms. The number of fused-ring (bicyclic) bond motifs is 3. The number of halogens is 1. The number of aromatic nitrogens is 3. The lowest BCUT2D eigenvalue weighted by atomic mass is 10.1. The van der Waals surface area contributed by atoms with Crippen LogP contribution in [-0.4, -0.2) is 33.0 Å². The Morgan fingerprint density at radius 1 is 1.21 bits per heavy atom. The predicted octanol–water partition coefficient (Wildman–Crippen LogP) is 3.62. The van der Waals surface area contributed by atoms with Crippen LogP contribution in [0.15, 0.2) is 30.6 Å². The van der Waals surface area contributed by atoms with Crippen LogP contribution in [0, 0.1) is 6.92 Å². The van der Waals surface area contributed by atoms with Gasteiger partial charge in [-0.15, -0.1) is 0 Å². The summed E-state index contributed by atoms with van der Waals surface area (Å²) < 4.78 is 2.45. The number of nitrogens with zero attached hydrogens (tertiary/aromatic N) is 4. The third-order valence-corrected chi connectivity index (χ3v) is 5.07. The Hall–Kier alpha value is -1.91. The molecule has 0 N–H and O–H groups in total. The Morgan fingerprint density at radius 3 is 2.88 bits per heavy atom. The fourth-order valence-corrected chi connectivity index (χ4v) is 3.76. The summed E-state index contributed by atoms with van der Waals surface area (Å²) in [5.41, 5.74) is 6.15. The van der Waals surface area contributed by atoms with Gasteiger partial charge in [0.2, 0.25) is 0 Å². The molecule has 5 heteroatoms. The molecule has 0 aliphatic carbocycles. The maximum Gasteiger partial charge on any atom is 0.0604 e. The Morgan fingerprint density at radius 2 is 2.08 bits per heavy atom. The van der Waals surface area contributed by atoms with Gasteiger partial charge in [-0.1, -0.05) is 11.6 Å². The molecule has 3 aromatic rings. The van der Waals surface area contributed by atoms with E-state index in [1.165, 1.54) is 22.2 Å². The molecule has 0 spiro atoms. The van der Waals surface area contributed by atoms with Gasteiger partial charge in [0.15, 0.2) is 0 Å². The highest BCUT2D eigenvalue weighted by Gasteiger charge is 2.22. The molecule has 0 amide bonds. The first-order valence-corrected chi connectivity index (χ1v) is 8.75. The second kappa shape index (κ2) is 6.19. The monoisotopic (exact) mass is 340 g/mol. The lowest BCUT2D eigenvalue weighted by molar-refractivity contribution is 0.309. The summed E-state index contributed by atoms with van der Waals surface area (Å²) in [6.07, 6.45) is 5.70. The number of rotatable bonds is 3. The molecule has 1 aliphatic heterocycles. The summed E-state index contributed by atoms with van der Waals surface area (Å²) in [7, 11) is 2.18. The zero-order valence-electron chi connectivity index (χ0n) is 14.1. The van der Waals surface area contributed by atoms with Gasteiger partial charge >= 0.3 is 0 Å². The average molecular weight is 341 g/mol. The highest BCUT2D eigenvalue weighted by atomic mass is 35.5. The van der Waals surface area contributed by atoms with E-state index in [1.807, 2.05) is 25.4 Å². The number of hydrogen-bond donors (Lipinski definition) is 0. The number of aryl methyl sites for hydroxylation is 3.